The lowest BCUT2D eigenvalue weighted by molar-refractivity contribution is -0.201. The van der Waals surface area contributed by atoms with Crippen LogP contribution in [0.25, 0.3) is 0 Å². The van der Waals surface area contributed by atoms with Gasteiger partial charge in [-0.1, -0.05) is 55.5 Å². The summed E-state index contributed by atoms with van der Waals surface area (Å²) < 4.78 is 13.3. The van der Waals surface area contributed by atoms with Crippen molar-refractivity contribution in [1.29, 1.82) is 0 Å². The Balaban J connectivity index is 1.18. The molecule has 0 bridgehead atoms. The largest absolute Gasteiger partial charge is 0.399 e. The van der Waals surface area contributed by atoms with E-state index in [9.17, 15) is 19.8 Å². The lowest BCUT2D eigenvalue weighted by Gasteiger charge is -2.59. The van der Waals surface area contributed by atoms with E-state index in [0.717, 1.165) is 33.8 Å². The Morgan fingerprint density at radius 1 is 1.14 bits per heavy atom. The summed E-state index contributed by atoms with van der Waals surface area (Å²) in [4.78, 5) is 28.0. The number of hydrogen-bond donors (Lipinski definition) is 3. The van der Waals surface area contributed by atoms with Gasteiger partial charge in [-0.3, -0.25) is 9.59 Å². The molecule has 220 valence electrons. The maximum atomic E-state index is 13.7. The Hall–Kier alpha value is -2.75. The molecule has 4 fully saturated rings. The van der Waals surface area contributed by atoms with Crippen LogP contribution < -0.4 is 5.73 Å². The summed E-state index contributed by atoms with van der Waals surface area (Å²) in [6.45, 7) is 3.53. The topological polar surface area (TPSA) is 119 Å². The molecule has 42 heavy (non-hydrogen) atoms. The Bertz CT molecular complexity index is 1500. The molecule has 5 aliphatic rings. The van der Waals surface area contributed by atoms with Crippen molar-refractivity contribution in [2.45, 2.75) is 73.4 Å². The van der Waals surface area contributed by atoms with Crippen LogP contribution in [0.5, 0.6) is 0 Å². The number of nitrogens with two attached hydrogens (primary N) is 1. The van der Waals surface area contributed by atoms with E-state index >= 15 is 0 Å². The highest BCUT2D eigenvalue weighted by Crippen LogP contribution is 2.70. The number of Topliss-reactive ketones (excluding diaryl/α,β-unsaturated/α-hetero) is 1. The molecule has 0 spiro atoms. The maximum Gasteiger partial charge on any atom is 0.193 e. The molecule has 7 rings (SSSR count). The fraction of sp³-hybridized carbons (Fsp3) is 0.471. The van der Waals surface area contributed by atoms with E-state index in [0.29, 0.717) is 18.5 Å². The predicted octanol–water partition coefficient (Wildman–Crippen LogP) is 5.02. The van der Waals surface area contributed by atoms with E-state index in [1.165, 1.54) is 0 Å². The standard InChI is InChI=1S/C34H37NO6S/c1-32-13-12-22(37)14-20(32)8-11-25-26-16-29-34(28(39)18-36,33(26,2)17-27(38)30(25)32)41-31(40-29)19-6-9-23(10-7-19)42-24-5-3-4-21(35)15-24/h3-7,9-10,12-15,25-27,29-31,36,38H,8,11,16-18,35H2,1-2H3/t25?,26-,27?,29+,30+,31+,32-,33-,34+/m0/s1. The third kappa shape index (κ3) is 3.95. The molecule has 2 aromatic carbocycles. The van der Waals surface area contributed by atoms with Crippen molar-refractivity contribution in [3.63, 3.8) is 0 Å². The monoisotopic (exact) mass is 587 g/mol. The van der Waals surface area contributed by atoms with Crippen molar-refractivity contribution in [2.75, 3.05) is 12.3 Å². The molecule has 0 aromatic heterocycles. The number of carbonyl (C=O) groups excluding carboxylic acids is 2. The van der Waals surface area contributed by atoms with E-state index < -0.39 is 41.5 Å². The van der Waals surface area contributed by atoms with Crippen molar-refractivity contribution in [3.05, 3.63) is 77.9 Å². The van der Waals surface area contributed by atoms with E-state index in [4.69, 9.17) is 15.2 Å². The number of ether oxygens (including phenoxy) is 2. The van der Waals surface area contributed by atoms with Gasteiger partial charge in [0.05, 0.1) is 12.2 Å². The zero-order valence-electron chi connectivity index (χ0n) is 23.9. The molecule has 0 amide bonds. The van der Waals surface area contributed by atoms with Crippen LogP contribution >= 0.6 is 11.8 Å². The van der Waals surface area contributed by atoms with Crippen LogP contribution in [0.2, 0.25) is 0 Å². The smallest absolute Gasteiger partial charge is 0.193 e. The van der Waals surface area contributed by atoms with Crippen LogP contribution in [0.4, 0.5) is 5.69 Å². The predicted molar refractivity (Wildman–Crippen MR) is 158 cm³/mol. The summed E-state index contributed by atoms with van der Waals surface area (Å²) in [6, 6.07) is 15.6. The minimum atomic E-state index is -1.35. The fourth-order valence-electron chi connectivity index (χ4n) is 9.24. The first kappa shape index (κ1) is 28.0. The summed E-state index contributed by atoms with van der Waals surface area (Å²) >= 11 is 1.61. The number of rotatable bonds is 5. The van der Waals surface area contributed by atoms with E-state index in [1.54, 1.807) is 23.9 Å². The third-order valence-electron chi connectivity index (χ3n) is 11.0. The van der Waals surface area contributed by atoms with Crippen molar-refractivity contribution < 1.29 is 29.3 Å². The van der Waals surface area contributed by atoms with Crippen LogP contribution in [-0.4, -0.2) is 46.2 Å². The summed E-state index contributed by atoms with van der Waals surface area (Å²) in [5.74, 6) is -0.259. The Labute approximate surface area is 250 Å². The number of ketones is 2. The second-order valence-corrected chi connectivity index (χ2v) is 14.2. The summed E-state index contributed by atoms with van der Waals surface area (Å²) in [5.41, 5.74) is 6.05. The maximum absolute atomic E-state index is 13.7. The zero-order valence-corrected chi connectivity index (χ0v) is 24.7. The number of carbonyl (C=O) groups is 2. The quantitative estimate of drug-likeness (QED) is 0.417. The number of aliphatic hydroxyl groups excluding tert-OH is 2. The van der Waals surface area contributed by atoms with Gasteiger partial charge in [-0.25, -0.2) is 0 Å². The van der Waals surface area contributed by atoms with Gasteiger partial charge in [0.15, 0.2) is 23.5 Å². The number of aliphatic hydroxyl groups is 2. The lowest BCUT2D eigenvalue weighted by Crippen LogP contribution is -2.63. The third-order valence-corrected chi connectivity index (χ3v) is 12.0. The first-order valence-corrected chi connectivity index (χ1v) is 15.6. The Morgan fingerprint density at radius 2 is 1.93 bits per heavy atom. The first-order chi connectivity index (χ1) is 20.1. The van der Waals surface area contributed by atoms with Gasteiger partial charge in [-0.05, 0) is 80.0 Å². The van der Waals surface area contributed by atoms with Crippen molar-refractivity contribution in [2.24, 2.45) is 28.6 Å². The second kappa shape index (κ2) is 9.89. The van der Waals surface area contributed by atoms with Gasteiger partial charge in [-0.15, -0.1) is 0 Å². The lowest BCUT2D eigenvalue weighted by atomic mass is 9.46. The highest BCUT2D eigenvalue weighted by molar-refractivity contribution is 7.99. The summed E-state index contributed by atoms with van der Waals surface area (Å²) in [5, 5.41) is 22.0. The van der Waals surface area contributed by atoms with Gasteiger partial charge >= 0.3 is 0 Å². The highest BCUT2D eigenvalue weighted by Gasteiger charge is 2.75. The molecule has 4 aliphatic carbocycles. The number of nitrogen functional groups attached to an aromatic ring is 1. The highest BCUT2D eigenvalue weighted by atomic mass is 32.2. The summed E-state index contributed by atoms with van der Waals surface area (Å²) in [6.07, 6.45) is 5.96. The molecule has 3 saturated carbocycles. The number of fused-ring (bicyclic) bond motifs is 7. The van der Waals surface area contributed by atoms with E-state index in [-0.39, 0.29) is 29.3 Å². The molecule has 1 saturated heterocycles. The number of hydrogen-bond acceptors (Lipinski definition) is 8. The zero-order chi connectivity index (χ0) is 29.4. The van der Waals surface area contributed by atoms with Gasteiger partial charge in [0, 0.05) is 37.8 Å². The molecule has 4 N–H and O–H groups in total. The molecule has 2 unspecified atom stereocenters. The van der Waals surface area contributed by atoms with Gasteiger partial charge in [0.25, 0.3) is 0 Å². The molecule has 8 heteroatoms. The molecular formula is C34H37NO6S. The van der Waals surface area contributed by atoms with Crippen LogP contribution in [-0.2, 0) is 19.1 Å². The van der Waals surface area contributed by atoms with Crippen LogP contribution in [0.1, 0.15) is 51.4 Å². The Kier molecular flexibility index (Phi) is 6.61. The van der Waals surface area contributed by atoms with Crippen molar-refractivity contribution in [1.82, 2.24) is 0 Å². The van der Waals surface area contributed by atoms with Gasteiger partial charge in [0.2, 0.25) is 0 Å². The fourth-order valence-corrected chi connectivity index (χ4v) is 10.1. The number of anilines is 1. The van der Waals surface area contributed by atoms with Crippen molar-refractivity contribution in [3.8, 4) is 0 Å². The average molecular weight is 588 g/mol. The molecular weight excluding hydrogens is 550 g/mol. The molecule has 7 nitrogen and oxygen atoms in total. The molecule has 2 aromatic rings. The average Bonchev–Trinajstić information content (AvgIpc) is 3.46. The van der Waals surface area contributed by atoms with Crippen LogP contribution in [0.15, 0.2) is 82.1 Å². The first-order valence-electron chi connectivity index (χ1n) is 14.8. The minimum Gasteiger partial charge on any atom is -0.399 e. The van der Waals surface area contributed by atoms with Crippen LogP contribution in [0.3, 0.4) is 0 Å². The molecule has 1 aliphatic heterocycles. The summed E-state index contributed by atoms with van der Waals surface area (Å²) in [7, 11) is 0. The number of allylic oxidation sites excluding steroid dienone is 4. The molecule has 1 heterocycles. The minimum absolute atomic E-state index is 0.00295. The van der Waals surface area contributed by atoms with Gasteiger partial charge < -0.3 is 25.4 Å². The molecule has 9 atom stereocenters. The van der Waals surface area contributed by atoms with E-state index in [1.807, 2.05) is 54.6 Å². The number of benzene rings is 2. The molecule has 0 radical (unpaired) electrons. The Morgan fingerprint density at radius 3 is 2.67 bits per heavy atom. The van der Waals surface area contributed by atoms with E-state index in [2.05, 4.69) is 13.8 Å². The van der Waals surface area contributed by atoms with Gasteiger partial charge in [-0.2, -0.15) is 0 Å². The van der Waals surface area contributed by atoms with Crippen molar-refractivity contribution >= 4 is 29.0 Å². The second-order valence-electron chi connectivity index (χ2n) is 13.1. The van der Waals surface area contributed by atoms with Crippen LogP contribution in [0, 0.1) is 28.6 Å². The SMILES string of the molecule is C[C@]12C=CC(=O)C=C1CCC1[C@@H]2C(O)C[C@@]2(C)[C@H]1C[C@H]1O[C@@H](c3ccc(Sc4cccc(N)c4)cc3)O[C@]12C(=O)CO. The van der Waals surface area contributed by atoms with Gasteiger partial charge in [0.1, 0.15) is 6.61 Å². The normalized spacial score (nSPS) is 40.1.